The zero-order valence-corrected chi connectivity index (χ0v) is 35.1. The van der Waals surface area contributed by atoms with Gasteiger partial charge in [0, 0.05) is 30.7 Å². The fourth-order valence-electron chi connectivity index (χ4n) is 5.37. The highest BCUT2D eigenvalue weighted by Crippen LogP contribution is 2.61. The van der Waals surface area contributed by atoms with Crippen molar-refractivity contribution < 1.29 is 85.6 Å². The number of phosphoric acid groups is 3. The number of aliphatic hydroxyl groups excluding tert-OH is 3. The minimum absolute atomic E-state index is 0.0209. The number of aliphatic hydroxyl groups is 3. The maximum absolute atomic E-state index is 12.7. The first kappa shape index (κ1) is 49.4. The van der Waals surface area contributed by atoms with E-state index in [1.165, 1.54) is 13.8 Å². The van der Waals surface area contributed by atoms with Crippen LogP contribution in [0, 0.1) is 5.41 Å². The van der Waals surface area contributed by atoms with Gasteiger partial charge in [0.25, 0.3) is 0 Å². The topological polar surface area (TPSA) is 410 Å². The average molecular weight is 931 g/mol. The molecule has 3 aromatic rings. The average Bonchev–Trinajstić information content (AvgIpc) is 3.74. The fraction of sp³-hybridized carbons (Fsp3) is 0.533. The highest BCUT2D eigenvalue weighted by Gasteiger charge is 2.50. The molecule has 4 rings (SSSR count). The quantitative estimate of drug-likeness (QED) is 0.0413. The van der Waals surface area contributed by atoms with Gasteiger partial charge in [-0.05, 0) is 5.56 Å². The maximum Gasteiger partial charge on any atom is 0.481 e. The van der Waals surface area contributed by atoms with E-state index in [1.54, 1.807) is 30.3 Å². The van der Waals surface area contributed by atoms with E-state index in [2.05, 4.69) is 34.4 Å². The number of rotatable bonds is 22. The Kier molecular flexibility index (Phi) is 17.0. The predicted octanol–water partition coefficient (Wildman–Crippen LogP) is -1.27. The van der Waals surface area contributed by atoms with Crippen molar-refractivity contribution in [2.24, 2.45) is 11.1 Å². The number of hydrogen-bond acceptors (Lipinski definition) is 20. The first-order chi connectivity index (χ1) is 27.9. The van der Waals surface area contributed by atoms with Gasteiger partial charge in [0.15, 0.2) is 17.7 Å². The summed E-state index contributed by atoms with van der Waals surface area (Å²) in [7, 11) is -16.5. The summed E-state index contributed by atoms with van der Waals surface area (Å²) in [4.78, 5) is 88.1. The molecule has 9 atom stereocenters. The molecule has 2 aromatic heterocycles. The Morgan fingerprint density at radius 3 is 2.33 bits per heavy atom. The molecule has 5 unspecified atom stereocenters. The third-order valence-electron chi connectivity index (χ3n) is 8.51. The van der Waals surface area contributed by atoms with Crippen LogP contribution in [-0.4, -0.2) is 134 Å². The number of ether oxygens (including phenoxy) is 1. The molecule has 0 radical (unpaired) electrons. The Morgan fingerprint density at radius 1 is 1.00 bits per heavy atom. The molecule has 334 valence electrons. The number of nitrogens with two attached hydrogens (primary N) is 2. The Hall–Kier alpha value is -3.30. The molecule has 13 N–H and O–H groups in total. The normalized spacial score (nSPS) is 22.0. The lowest BCUT2D eigenvalue weighted by Crippen LogP contribution is -2.46. The van der Waals surface area contributed by atoms with Gasteiger partial charge in [-0.3, -0.25) is 32.5 Å². The Labute approximate surface area is 344 Å². The van der Waals surface area contributed by atoms with Gasteiger partial charge in [-0.25, -0.2) is 28.6 Å². The van der Waals surface area contributed by atoms with Crippen molar-refractivity contribution in [3.8, 4) is 0 Å². The molecule has 26 nitrogen and oxygen atoms in total. The lowest BCUT2D eigenvalue weighted by Gasteiger charge is -2.30. The number of thioether (sulfide) groups is 1. The van der Waals surface area contributed by atoms with Crippen molar-refractivity contribution >= 4 is 69.1 Å². The summed E-state index contributed by atoms with van der Waals surface area (Å²) in [6.07, 6.45) is -8.57. The van der Waals surface area contributed by atoms with E-state index in [1.807, 2.05) is 0 Å². The van der Waals surface area contributed by atoms with Crippen molar-refractivity contribution in [1.82, 2.24) is 30.2 Å². The number of carbonyl (C=O) groups is 3. The summed E-state index contributed by atoms with van der Waals surface area (Å²) >= 11 is 0.771. The molecule has 0 saturated carbocycles. The van der Waals surface area contributed by atoms with Gasteiger partial charge >= 0.3 is 23.5 Å². The molecule has 0 spiro atoms. The maximum atomic E-state index is 12.7. The standard InChI is InChI=1S/C30H45N8O18P3S/c1-30(2,24(42)27(43)34-9-8-18(39)33-10-11-60-29(44)21(40)19(31)16-6-4-3-5-7-16)13-53-59(50,51)56-58(48,49)52-12-17-23(55-57(45,46)47)22(41)28(54-17)38-15-37-20-25(32)35-14-36-26(20)38/h3-7,14-15,17,19,21-24,28,40-42H,8-13,31H2,1-2H3,(H,33,39)(H,34,43)(H,48,49)(H,50,51)(H2,32,35,36)(H2,45,46,47)/t17-,19?,21?,22-,23-,24?,28-/m1/s1. The molecule has 30 heteroatoms. The zero-order valence-electron chi connectivity index (χ0n) is 31.6. The van der Waals surface area contributed by atoms with Gasteiger partial charge in [0.2, 0.25) is 16.9 Å². The summed E-state index contributed by atoms with van der Waals surface area (Å²) in [5.41, 5.74) is 10.7. The van der Waals surface area contributed by atoms with Gasteiger partial charge < -0.3 is 61.7 Å². The predicted molar refractivity (Wildman–Crippen MR) is 206 cm³/mol. The van der Waals surface area contributed by atoms with Crippen molar-refractivity contribution in [3.63, 3.8) is 0 Å². The summed E-state index contributed by atoms with van der Waals surface area (Å²) in [5, 5.41) is 36.0. The van der Waals surface area contributed by atoms with Crippen LogP contribution < -0.4 is 22.1 Å². The van der Waals surface area contributed by atoms with Crippen LogP contribution in [0.1, 0.15) is 38.1 Å². The van der Waals surface area contributed by atoms with E-state index < -0.39 is 102 Å². The Balaban J connectivity index is 1.20. The molecule has 3 heterocycles. The first-order valence-corrected chi connectivity index (χ1v) is 23.0. The van der Waals surface area contributed by atoms with Crippen molar-refractivity contribution in [1.29, 1.82) is 0 Å². The van der Waals surface area contributed by atoms with Crippen molar-refractivity contribution in [2.75, 3.05) is 37.8 Å². The number of anilines is 1. The smallest absolute Gasteiger partial charge is 0.386 e. The fourth-order valence-corrected chi connectivity index (χ4v) is 8.92. The number of fused-ring (bicyclic) bond motifs is 1. The molecule has 1 fully saturated rings. The summed E-state index contributed by atoms with van der Waals surface area (Å²) in [6, 6.07) is 7.61. The minimum Gasteiger partial charge on any atom is -0.386 e. The van der Waals surface area contributed by atoms with E-state index >= 15 is 0 Å². The monoisotopic (exact) mass is 930 g/mol. The summed E-state index contributed by atoms with van der Waals surface area (Å²) in [6.45, 7) is 0.176. The first-order valence-electron chi connectivity index (χ1n) is 17.5. The minimum atomic E-state index is -5.59. The van der Waals surface area contributed by atoms with Gasteiger partial charge in [0.1, 0.15) is 42.4 Å². The Bertz CT molecular complexity index is 2110. The third-order valence-corrected chi connectivity index (χ3v) is 12.5. The number of nitrogens with zero attached hydrogens (tertiary/aromatic N) is 4. The molecule has 0 bridgehead atoms. The number of aromatic nitrogens is 4. The summed E-state index contributed by atoms with van der Waals surface area (Å²) < 4.78 is 62.2. The summed E-state index contributed by atoms with van der Waals surface area (Å²) in [5.74, 6) is -1.48. The number of nitrogens with one attached hydrogen (secondary N) is 2. The molecule has 0 aliphatic carbocycles. The van der Waals surface area contributed by atoms with Crippen LogP contribution in [0.25, 0.3) is 11.2 Å². The van der Waals surface area contributed by atoms with Crippen LogP contribution in [0.2, 0.25) is 0 Å². The van der Waals surface area contributed by atoms with E-state index in [0.717, 1.165) is 29.0 Å². The number of nitrogen functional groups attached to an aromatic ring is 1. The second-order valence-electron chi connectivity index (χ2n) is 13.6. The zero-order chi connectivity index (χ0) is 44.6. The van der Waals surface area contributed by atoms with Gasteiger partial charge in [0.05, 0.1) is 25.6 Å². The SMILES string of the molecule is CC(C)(COP(=O)(O)OP(=O)(O)OC[C@H]1O[C@@H](n2cnc3c(N)ncnc32)[C@H](O)[C@@H]1OP(=O)(O)O)C(O)C(=O)NCCC(=O)NCCSC(=O)C(O)C(N)c1ccccc1. The lowest BCUT2D eigenvalue weighted by molar-refractivity contribution is -0.137. The van der Waals surface area contributed by atoms with E-state index in [9.17, 15) is 63.0 Å². The number of phosphoric ester groups is 3. The van der Waals surface area contributed by atoms with Crippen molar-refractivity contribution in [3.05, 3.63) is 48.5 Å². The van der Waals surface area contributed by atoms with Crippen LogP contribution >= 0.6 is 35.2 Å². The second-order valence-corrected chi connectivity index (χ2v) is 19.0. The molecule has 60 heavy (non-hydrogen) atoms. The van der Waals surface area contributed by atoms with E-state index in [-0.39, 0.29) is 42.2 Å². The molecule has 2 amide bonds. The second kappa shape index (κ2) is 20.7. The number of imidazole rings is 1. The number of hydrogen-bond donors (Lipinski definition) is 11. The molecular weight excluding hydrogens is 885 g/mol. The van der Waals surface area contributed by atoms with Gasteiger partial charge in [-0.15, -0.1) is 0 Å². The molecule has 1 aliphatic rings. The number of benzene rings is 1. The molecular formula is C30H45N8O18P3S. The van der Waals surface area contributed by atoms with Crippen LogP contribution in [0.5, 0.6) is 0 Å². The van der Waals surface area contributed by atoms with E-state index in [4.69, 9.17) is 25.3 Å². The molecule has 1 saturated heterocycles. The highest BCUT2D eigenvalue weighted by atomic mass is 32.2. The number of carbonyl (C=O) groups excluding carboxylic acids is 3. The van der Waals surface area contributed by atoms with Crippen LogP contribution in [0.3, 0.4) is 0 Å². The highest BCUT2D eigenvalue weighted by molar-refractivity contribution is 8.13. The molecule has 1 aromatic carbocycles. The van der Waals surface area contributed by atoms with Crippen LogP contribution in [-0.2, 0) is 50.7 Å². The van der Waals surface area contributed by atoms with Crippen LogP contribution in [0.4, 0.5) is 5.82 Å². The van der Waals surface area contributed by atoms with E-state index in [0.29, 0.717) is 5.56 Å². The third kappa shape index (κ3) is 13.9. The van der Waals surface area contributed by atoms with Crippen molar-refractivity contribution in [2.45, 2.75) is 63.1 Å². The van der Waals surface area contributed by atoms with Gasteiger partial charge in [-0.2, -0.15) is 4.31 Å². The number of amides is 2. The Morgan fingerprint density at radius 2 is 1.67 bits per heavy atom. The van der Waals surface area contributed by atoms with Gasteiger partial charge in [-0.1, -0.05) is 55.9 Å². The molecule has 1 aliphatic heterocycles. The van der Waals surface area contributed by atoms with Crippen LogP contribution in [0.15, 0.2) is 43.0 Å². The lowest BCUT2D eigenvalue weighted by atomic mass is 9.87. The largest absolute Gasteiger partial charge is 0.481 e.